The van der Waals surface area contributed by atoms with Crippen LogP contribution in [-0.2, 0) is 0 Å². The zero-order valence-electron chi connectivity index (χ0n) is 11.1. The maximum absolute atomic E-state index is 13.4. The Kier molecular flexibility index (Phi) is 3.73. The minimum Gasteiger partial charge on any atom is -0.298 e. The van der Waals surface area contributed by atoms with Crippen LogP contribution >= 0.6 is 11.6 Å². The van der Waals surface area contributed by atoms with Crippen molar-refractivity contribution in [2.24, 2.45) is 0 Å². The normalized spacial score (nSPS) is 10.7. The standard InChI is InChI=1S/C16H9ClF2N2O/c17-16-12(9-22)15(10-6-7-13(18)14(19)8-10)20-21(16)11-4-2-1-3-5-11/h1-9H. The van der Waals surface area contributed by atoms with E-state index in [1.54, 1.807) is 24.3 Å². The molecule has 0 spiro atoms. The van der Waals surface area contributed by atoms with Crippen molar-refractivity contribution >= 4 is 17.9 Å². The van der Waals surface area contributed by atoms with Crippen LogP contribution in [0.15, 0.2) is 48.5 Å². The third kappa shape index (κ3) is 2.40. The number of hydrogen-bond acceptors (Lipinski definition) is 2. The van der Waals surface area contributed by atoms with Gasteiger partial charge < -0.3 is 0 Å². The number of rotatable bonds is 3. The van der Waals surface area contributed by atoms with Crippen LogP contribution in [0.3, 0.4) is 0 Å². The van der Waals surface area contributed by atoms with Gasteiger partial charge in [-0.15, -0.1) is 0 Å². The van der Waals surface area contributed by atoms with Gasteiger partial charge in [0.2, 0.25) is 0 Å². The Morgan fingerprint density at radius 3 is 2.41 bits per heavy atom. The fourth-order valence-corrected chi connectivity index (χ4v) is 2.38. The van der Waals surface area contributed by atoms with E-state index in [1.807, 2.05) is 6.07 Å². The average Bonchev–Trinajstić information content (AvgIpc) is 2.87. The number of carbonyl (C=O) groups is 1. The Morgan fingerprint density at radius 2 is 1.77 bits per heavy atom. The van der Waals surface area contributed by atoms with Gasteiger partial charge in [-0.3, -0.25) is 4.79 Å². The van der Waals surface area contributed by atoms with Crippen molar-refractivity contribution in [3.63, 3.8) is 0 Å². The van der Waals surface area contributed by atoms with Gasteiger partial charge >= 0.3 is 0 Å². The SMILES string of the molecule is O=Cc1c(-c2ccc(F)c(F)c2)nn(-c2ccccc2)c1Cl. The van der Waals surface area contributed by atoms with Gasteiger partial charge in [0, 0.05) is 5.56 Å². The number of aldehydes is 1. The lowest BCUT2D eigenvalue weighted by atomic mass is 10.1. The van der Waals surface area contributed by atoms with Gasteiger partial charge in [0.05, 0.1) is 11.3 Å². The van der Waals surface area contributed by atoms with Gasteiger partial charge in [-0.1, -0.05) is 29.8 Å². The van der Waals surface area contributed by atoms with Gasteiger partial charge in [0.15, 0.2) is 17.9 Å². The molecule has 1 aromatic heterocycles. The second kappa shape index (κ2) is 5.69. The molecule has 3 rings (SSSR count). The molecule has 3 nitrogen and oxygen atoms in total. The van der Waals surface area contributed by atoms with Gasteiger partial charge in [-0.05, 0) is 30.3 Å². The summed E-state index contributed by atoms with van der Waals surface area (Å²) in [6, 6.07) is 12.3. The Bertz CT molecular complexity index is 847. The molecule has 0 aliphatic carbocycles. The topological polar surface area (TPSA) is 34.9 Å². The molecule has 0 N–H and O–H groups in total. The largest absolute Gasteiger partial charge is 0.298 e. The summed E-state index contributed by atoms with van der Waals surface area (Å²) in [6.07, 6.45) is 0.547. The van der Waals surface area contributed by atoms with Crippen LogP contribution in [0.1, 0.15) is 10.4 Å². The van der Waals surface area contributed by atoms with E-state index in [-0.39, 0.29) is 22.0 Å². The number of aromatic nitrogens is 2. The third-order valence-corrected chi connectivity index (χ3v) is 3.54. The van der Waals surface area contributed by atoms with Crippen molar-refractivity contribution in [3.05, 3.63) is 70.9 Å². The van der Waals surface area contributed by atoms with Crippen LogP contribution in [0.4, 0.5) is 8.78 Å². The average molecular weight is 319 g/mol. The highest BCUT2D eigenvalue weighted by molar-refractivity contribution is 6.32. The maximum Gasteiger partial charge on any atom is 0.159 e. The van der Waals surface area contributed by atoms with Crippen molar-refractivity contribution in [1.29, 1.82) is 0 Å². The molecule has 0 amide bonds. The van der Waals surface area contributed by atoms with Gasteiger partial charge in [0.25, 0.3) is 0 Å². The molecule has 0 fully saturated rings. The fourth-order valence-electron chi connectivity index (χ4n) is 2.11. The highest BCUT2D eigenvalue weighted by Crippen LogP contribution is 2.30. The number of benzene rings is 2. The van der Waals surface area contributed by atoms with Crippen LogP contribution in [-0.4, -0.2) is 16.1 Å². The van der Waals surface area contributed by atoms with E-state index >= 15 is 0 Å². The first-order chi connectivity index (χ1) is 10.6. The van der Waals surface area contributed by atoms with E-state index in [4.69, 9.17) is 11.6 Å². The van der Waals surface area contributed by atoms with Crippen LogP contribution in [0.25, 0.3) is 16.9 Å². The smallest absolute Gasteiger partial charge is 0.159 e. The molecule has 2 aromatic carbocycles. The molecule has 110 valence electrons. The van der Waals surface area contributed by atoms with Crippen LogP contribution in [0.5, 0.6) is 0 Å². The Morgan fingerprint density at radius 1 is 1.05 bits per heavy atom. The Labute approximate surface area is 129 Å². The summed E-state index contributed by atoms with van der Waals surface area (Å²) in [4.78, 5) is 11.3. The lowest BCUT2D eigenvalue weighted by Gasteiger charge is -2.01. The van der Waals surface area contributed by atoms with Crippen LogP contribution in [0.2, 0.25) is 5.15 Å². The van der Waals surface area contributed by atoms with E-state index in [1.165, 1.54) is 10.7 Å². The lowest BCUT2D eigenvalue weighted by molar-refractivity contribution is 0.112. The van der Waals surface area contributed by atoms with Gasteiger partial charge in [-0.25, -0.2) is 13.5 Å². The number of halogens is 3. The van der Waals surface area contributed by atoms with E-state index in [0.29, 0.717) is 12.0 Å². The summed E-state index contributed by atoms with van der Waals surface area (Å²) in [5, 5.41) is 4.37. The molecule has 1 heterocycles. The number of carbonyl (C=O) groups excluding carboxylic acids is 1. The molecular weight excluding hydrogens is 310 g/mol. The van der Waals surface area contributed by atoms with Gasteiger partial charge in [-0.2, -0.15) is 5.10 Å². The van der Waals surface area contributed by atoms with Crippen molar-refractivity contribution in [2.45, 2.75) is 0 Å². The fraction of sp³-hybridized carbons (Fsp3) is 0. The quantitative estimate of drug-likeness (QED) is 0.675. The van der Waals surface area contributed by atoms with E-state index in [0.717, 1.165) is 12.1 Å². The van der Waals surface area contributed by atoms with Crippen LogP contribution in [0, 0.1) is 11.6 Å². The molecule has 0 unspecified atom stereocenters. The summed E-state index contributed by atoms with van der Waals surface area (Å²) < 4.78 is 27.8. The summed E-state index contributed by atoms with van der Waals surface area (Å²) in [5.41, 5.74) is 1.25. The zero-order chi connectivity index (χ0) is 15.7. The minimum atomic E-state index is -1.01. The van der Waals surface area contributed by atoms with Crippen LogP contribution < -0.4 is 0 Å². The molecule has 0 atom stereocenters. The summed E-state index contributed by atoms with van der Waals surface area (Å²) in [5.74, 6) is -1.98. The highest BCUT2D eigenvalue weighted by Gasteiger charge is 2.19. The predicted molar refractivity (Wildman–Crippen MR) is 79.3 cm³/mol. The lowest BCUT2D eigenvalue weighted by Crippen LogP contribution is -1.96. The second-order valence-electron chi connectivity index (χ2n) is 4.55. The third-order valence-electron chi connectivity index (χ3n) is 3.17. The monoisotopic (exact) mass is 318 g/mol. The molecule has 0 saturated carbocycles. The molecule has 0 radical (unpaired) electrons. The predicted octanol–water partition coefficient (Wildman–Crippen LogP) is 4.28. The van der Waals surface area contributed by atoms with E-state index in [2.05, 4.69) is 5.10 Å². The minimum absolute atomic E-state index is 0.112. The van der Waals surface area contributed by atoms with Crippen molar-refractivity contribution in [3.8, 4) is 16.9 Å². The molecule has 0 bridgehead atoms. The van der Waals surface area contributed by atoms with E-state index in [9.17, 15) is 13.6 Å². The zero-order valence-corrected chi connectivity index (χ0v) is 11.9. The molecule has 0 saturated heterocycles. The highest BCUT2D eigenvalue weighted by atomic mass is 35.5. The molecule has 0 aliphatic rings. The molecule has 22 heavy (non-hydrogen) atoms. The van der Waals surface area contributed by atoms with E-state index < -0.39 is 11.6 Å². The molecule has 6 heteroatoms. The first-order valence-corrected chi connectivity index (χ1v) is 6.74. The number of nitrogens with zero attached hydrogens (tertiary/aromatic N) is 2. The summed E-state index contributed by atoms with van der Waals surface area (Å²) in [6.45, 7) is 0. The molecule has 3 aromatic rings. The number of para-hydroxylation sites is 1. The van der Waals surface area contributed by atoms with Crippen molar-refractivity contribution in [2.75, 3.05) is 0 Å². The second-order valence-corrected chi connectivity index (χ2v) is 4.91. The maximum atomic E-state index is 13.4. The first kappa shape index (κ1) is 14.4. The van der Waals surface area contributed by atoms with Gasteiger partial charge in [0.1, 0.15) is 10.8 Å². The van der Waals surface area contributed by atoms with Crippen molar-refractivity contribution in [1.82, 2.24) is 9.78 Å². The first-order valence-electron chi connectivity index (χ1n) is 6.36. The van der Waals surface area contributed by atoms with Crippen molar-refractivity contribution < 1.29 is 13.6 Å². The Hall–Kier alpha value is -2.53. The molecule has 0 aliphatic heterocycles. The Balaban J connectivity index is 2.20. The summed E-state index contributed by atoms with van der Waals surface area (Å²) >= 11 is 6.19. The number of hydrogen-bond donors (Lipinski definition) is 0. The summed E-state index contributed by atoms with van der Waals surface area (Å²) in [7, 11) is 0. The molecular formula is C16H9ClF2N2O.